The third-order valence-corrected chi connectivity index (χ3v) is 4.85. The minimum absolute atomic E-state index is 0.146. The van der Waals surface area contributed by atoms with Crippen molar-refractivity contribution in [2.75, 3.05) is 19.0 Å². The summed E-state index contributed by atoms with van der Waals surface area (Å²) in [4.78, 5) is 7.11. The lowest BCUT2D eigenvalue weighted by Crippen LogP contribution is -2.48. The second-order valence-corrected chi connectivity index (χ2v) is 6.39. The van der Waals surface area contributed by atoms with Crippen molar-refractivity contribution < 1.29 is 4.74 Å². The molecule has 0 spiro atoms. The van der Waals surface area contributed by atoms with Gasteiger partial charge >= 0.3 is 0 Å². The minimum atomic E-state index is 0.146. The molecule has 2 atom stereocenters. The average molecular weight is 297 g/mol. The molecule has 5 heteroatoms. The fourth-order valence-electron chi connectivity index (χ4n) is 2.35. The van der Waals surface area contributed by atoms with Gasteiger partial charge in [-0.1, -0.05) is 12.1 Å². The van der Waals surface area contributed by atoms with Crippen molar-refractivity contribution in [3.05, 3.63) is 29.3 Å². The fourth-order valence-corrected chi connectivity index (χ4v) is 3.53. The van der Waals surface area contributed by atoms with Gasteiger partial charge in [0.15, 0.2) is 0 Å². The number of benzene rings is 1. The highest BCUT2D eigenvalue weighted by Crippen LogP contribution is 2.24. The number of halogens is 1. The van der Waals surface area contributed by atoms with Gasteiger partial charge in [0.1, 0.15) is 5.01 Å². The number of morpholine rings is 1. The Morgan fingerprint density at radius 1 is 1.47 bits per heavy atom. The van der Waals surface area contributed by atoms with E-state index in [4.69, 9.17) is 21.3 Å². The first kappa shape index (κ1) is 13.3. The number of fused-ring (bicyclic) bond motifs is 1. The maximum atomic E-state index is 5.90. The smallest absolute Gasteiger partial charge is 0.108 e. The molecule has 2 unspecified atom stereocenters. The van der Waals surface area contributed by atoms with E-state index >= 15 is 0 Å². The number of rotatable bonds is 3. The van der Waals surface area contributed by atoms with Crippen molar-refractivity contribution in [2.45, 2.75) is 25.6 Å². The molecule has 0 aliphatic carbocycles. The quantitative estimate of drug-likeness (QED) is 0.814. The first-order valence-corrected chi connectivity index (χ1v) is 7.87. The highest BCUT2D eigenvalue weighted by atomic mass is 35.5. The Morgan fingerprint density at radius 3 is 3.11 bits per heavy atom. The van der Waals surface area contributed by atoms with Crippen LogP contribution in [0.3, 0.4) is 0 Å². The predicted octanol–water partition coefficient (Wildman–Crippen LogP) is 3.12. The number of hydrogen-bond donors (Lipinski definition) is 0. The molecule has 2 aromatic rings. The van der Waals surface area contributed by atoms with Crippen LogP contribution in [0.4, 0.5) is 0 Å². The molecule has 1 aromatic carbocycles. The second-order valence-electron chi connectivity index (χ2n) is 4.96. The Bertz CT molecular complexity index is 526. The van der Waals surface area contributed by atoms with Crippen LogP contribution in [-0.4, -0.2) is 41.1 Å². The van der Waals surface area contributed by atoms with Gasteiger partial charge in [0.25, 0.3) is 0 Å². The van der Waals surface area contributed by atoms with Gasteiger partial charge in [0, 0.05) is 18.5 Å². The standard InChI is InChI=1S/C14H17ClN2OS/c1-10-9-18-11(6-15)7-17(10)8-14-16-12-4-2-3-5-13(12)19-14/h2-5,10-11H,6-9H2,1H3. The van der Waals surface area contributed by atoms with Crippen LogP contribution >= 0.6 is 22.9 Å². The summed E-state index contributed by atoms with van der Waals surface area (Å²) in [6.45, 7) is 4.72. The van der Waals surface area contributed by atoms with E-state index in [2.05, 4.69) is 30.0 Å². The monoisotopic (exact) mass is 296 g/mol. The summed E-state index contributed by atoms with van der Waals surface area (Å²) in [7, 11) is 0. The molecule has 1 saturated heterocycles. The molecule has 0 bridgehead atoms. The molecule has 1 aliphatic rings. The van der Waals surface area contributed by atoms with Gasteiger partial charge in [-0.3, -0.25) is 4.90 Å². The van der Waals surface area contributed by atoms with E-state index in [1.807, 2.05) is 6.07 Å². The Labute approximate surface area is 122 Å². The molecule has 2 heterocycles. The van der Waals surface area contributed by atoms with Crippen LogP contribution in [0, 0.1) is 0 Å². The van der Waals surface area contributed by atoms with E-state index < -0.39 is 0 Å². The molecule has 0 saturated carbocycles. The van der Waals surface area contributed by atoms with Crippen LogP contribution in [0.15, 0.2) is 24.3 Å². The summed E-state index contributed by atoms with van der Waals surface area (Å²) in [6.07, 6.45) is 0.146. The van der Waals surface area contributed by atoms with Gasteiger partial charge in [-0.2, -0.15) is 0 Å². The highest BCUT2D eigenvalue weighted by molar-refractivity contribution is 7.18. The van der Waals surface area contributed by atoms with E-state index in [0.717, 1.165) is 25.2 Å². The van der Waals surface area contributed by atoms with E-state index in [1.54, 1.807) is 11.3 Å². The van der Waals surface area contributed by atoms with Crippen LogP contribution in [0.25, 0.3) is 10.2 Å². The first-order chi connectivity index (χ1) is 9.26. The molecule has 1 aromatic heterocycles. The van der Waals surface area contributed by atoms with E-state index in [9.17, 15) is 0 Å². The number of nitrogens with zero attached hydrogens (tertiary/aromatic N) is 2. The SMILES string of the molecule is CC1COC(CCl)CN1Cc1nc2ccccc2s1. The number of alkyl halides is 1. The summed E-state index contributed by atoms with van der Waals surface area (Å²) in [5, 5.41) is 1.17. The summed E-state index contributed by atoms with van der Waals surface area (Å²) in [5.41, 5.74) is 1.09. The Kier molecular flexibility index (Phi) is 4.03. The van der Waals surface area contributed by atoms with Gasteiger partial charge < -0.3 is 4.74 Å². The molecule has 3 rings (SSSR count). The molecule has 1 aliphatic heterocycles. The molecule has 19 heavy (non-hydrogen) atoms. The first-order valence-electron chi connectivity index (χ1n) is 6.52. The molecule has 0 amide bonds. The predicted molar refractivity (Wildman–Crippen MR) is 80.0 cm³/mol. The van der Waals surface area contributed by atoms with Crippen LogP contribution in [-0.2, 0) is 11.3 Å². The van der Waals surface area contributed by atoms with Gasteiger partial charge in [-0.05, 0) is 19.1 Å². The maximum Gasteiger partial charge on any atom is 0.108 e. The molecule has 102 valence electrons. The van der Waals surface area contributed by atoms with Crippen molar-refractivity contribution in [1.29, 1.82) is 0 Å². The normalized spacial score (nSPS) is 24.9. The zero-order valence-electron chi connectivity index (χ0n) is 10.9. The summed E-state index contributed by atoms with van der Waals surface area (Å²) >= 11 is 7.67. The molecule has 3 nitrogen and oxygen atoms in total. The van der Waals surface area contributed by atoms with E-state index in [1.165, 1.54) is 9.71 Å². The van der Waals surface area contributed by atoms with Crippen LogP contribution in [0.1, 0.15) is 11.9 Å². The molecule has 1 fully saturated rings. The number of hydrogen-bond acceptors (Lipinski definition) is 4. The Hall–Kier alpha value is -0.680. The fraction of sp³-hybridized carbons (Fsp3) is 0.500. The number of para-hydroxylation sites is 1. The maximum absolute atomic E-state index is 5.90. The number of aromatic nitrogens is 1. The molecule has 0 radical (unpaired) electrons. The van der Waals surface area contributed by atoms with Crippen molar-refractivity contribution in [3.63, 3.8) is 0 Å². The topological polar surface area (TPSA) is 25.4 Å². The molecular weight excluding hydrogens is 280 g/mol. The lowest BCUT2D eigenvalue weighted by Gasteiger charge is -2.36. The zero-order chi connectivity index (χ0) is 13.2. The van der Waals surface area contributed by atoms with Crippen LogP contribution in [0.2, 0.25) is 0 Å². The van der Waals surface area contributed by atoms with E-state index in [-0.39, 0.29) is 6.10 Å². The minimum Gasteiger partial charge on any atom is -0.374 e. The van der Waals surface area contributed by atoms with E-state index in [0.29, 0.717) is 11.9 Å². The highest BCUT2D eigenvalue weighted by Gasteiger charge is 2.26. The number of thiazole rings is 1. The third kappa shape index (κ3) is 2.92. The van der Waals surface area contributed by atoms with Gasteiger partial charge in [-0.25, -0.2) is 4.98 Å². The molecule has 0 N–H and O–H groups in total. The lowest BCUT2D eigenvalue weighted by atomic mass is 10.2. The zero-order valence-corrected chi connectivity index (χ0v) is 12.5. The largest absolute Gasteiger partial charge is 0.374 e. The van der Waals surface area contributed by atoms with Crippen molar-refractivity contribution in [2.24, 2.45) is 0 Å². The van der Waals surface area contributed by atoms with Crippen molar-refractivity contribution in [3.8, 4) is 0 Å². The van der Waals surface area contributed by atoms with Gasteiger partial charge in [-0.15, -0.1) is 22.9 Å². The summed E-state index contributed by atoms with van der Waals surface area (Å²) in [6, 6.07) is 8.71. The summed E-state index contributed by atoms with van der Waals surface area (Å²) < 4.78 is 6.93. The Balaban J connectivity index is 1.75. The lowest BCUT2D eigenvalue weighted by molar-refractivity contribution is -0.0510. The van der Waals surface area contributed by atoms with Crippen LogP contribution in [0.5, 0.6) is 0 Å². The average Bonchev–Trinajstić information content (AvgIpc) is 2.83. The number of ether oxygens (including phenoxy) is 1. The molecular formula is C14H17ClN2OS. The van der Waals surface area contributed by atoms with Crippen LogP contribution < -0.4 is 0 Å². The second kappa shape index (κ2) is 5.75. The summed E-state index contributed by atoms with van der Waals surface area (Å²) in [5.74, 6) is 0.559. The third-order valence-electron chi connectivity index (χ3n) is 3.48. The Morgan fingerprint density at radius 2 is 2.32 bits per heavy atom. The van der Waals surface area contributed by atoms with Crippen molar-refractivity contribution >= 4 is 33.2 Å². The van der Waals surface area contributed by atoms with Crippen molar-refractivity contribution in [1.82, 2.24) is 9.88 Å². The van der Waals surface area contributed by atoms with Gasteiger partial charge in [0.2, 0.25) is 0 Å². The van der Waals surface area contributed by atoms with Gasteiger partial charge in [0.05, 0.1) is 29.5 Å².